The number of rotatable bonds is 2. The lowest BCUT2D eigenvalue weighted by molar-refractivity contribution is -0.137. The number of hydrogen-bond donors (Lipinski definition) is 0. The Morgan fingerprint density at radius 2 is 2.00 bits per heavy atom. The van der Waals surface area contributed by atoms with Crippen LogP contribution in [0.15, 0.2) is 28.7 Å². The van der Waals surface area contributed by atoms with Crippen molar-refractivity contribution in [1.82, 2.24) is 10.2 Å². The van der Waals surface area contributed by atoms with Crippen LogP contribution >= 0.6 is 11.6 Å². The Bertz CT molecular complexity index is 524. The van der Waals surface area contributed by atoms with Crippen molar-refractivity contribution in [3.05, 3.63) is 35.7 Å². The number of halogens is 4. The molecule has 0 unspecified atom stereocenters. The normalized spacial score (nSPS) is 11.8. The van der Waals surface area contributed by atoms with Crippen LogP contribution < -0.4 is 0 Å². The second kappa shape index (κ2) is 4.37. The Labute approximate surface area is 99.2 Å². The van der Waals surface area contributed by atoms with E-state index < -0.39 is 11.7 Å². The first-order chi connectivity index (χ1) is 8.00. The number of alkyl halides is 4. The zero-order valence-corrected chi connectivity index (χ0v) is 9.09. The van der Waals surface area contributed by atoms with Crippen molar-refractivity contribution in [1.29, 1.82) is 0 Å². The molecule has 0 saturated heterocycles. The second-order valence-corrected chi connectivity index (χ2v) is 3.48. The molecule has 0 atom stereocenters. The van der Waals surface area contributed by atoms with Gasteiger partial charge in [0.2, 0.25) is 11.8 Å². The molecular formula is C10H6ClF3N2O. The maximum atomic E-state index is 12.5. The highest BCUT2D eigenvalue weighted by Crippen LogP contribution is 2.31. The number of nitrogens with zero attached hydrogens (tertiary/aromatic N) is 2. The van der Waals surface area contributed by atoms with Crippen LogP contribution in [0.25, 0.3) is 11.5 Å². The Morgan fingerprint density at radius 3 is 2.59 bits per heavy atom. The molecule has 0 radical (unpaired) electrons. The molecule has 2 aromatic rings. The van der Waals surface area contributed by atoms with Gasteiger partial charge in [0, 0.05) is 5.56 Å². The van der Waals surface area contributed by atoms with Crippen molar-refractivity contribution < 1.29 is 17.6 Å². The third-order valence-corrected chi connectivity index (χ3v) is 2.25. The number of benzene rings is 1. The predicted molar refractivity (Wildman–Crippen MR) is 54.3 cm³/mol. The largest absolute Gasteiger partial charge is 0.419 e. The van der Waals surface area contributed by atoms with E-state index in [-0.39, 0.29) is 23.2 Å². The smallest absolute Gasteiger partial charge is 0.416 e. The number of hydrogen-bond acceptors (Lipinski definition) is 3. The molecule has 7 heteroatoms. The van der Waals surface area contributed by atoms with Crippen molar-refractivity contribution in [3.8, 4) is 11.5 Å². The summed E-state index contributed by atoms with van der Waals surface area (Å²) in [6, 6.07) is 4.66. The van der Waals surface area contributed by atoms with Gasteiger partial charge < -0.3 is 4.42 Å². The van der Waals surface area contributed by atoms with Crippen LogP contribution in [0.2, 0.25) is 0 Å². The van der Waals surface area contributed by atoms with Crippen molar-refractivity contribution in [3.63, 3.8) is 0 Å². The Kier molecular flexibility index (Phi) is 3.06. The van der Waals surface area contributed by atoms with E-state index in [1.807, 2.05) is 0 Å². The molecule has 1 heterocycles. The molecule has 0 N–H and O–H groups in total. The maximum Gasteiger partial charge on any atom is 0.416 e. The van der Waals surface area contributed by atoms with Crippen LogP contribution in [-0.4, -0.2) is 10.2 Å². The summed E-state index contributed by atoms with van der Waals surface area (Å²) in [5.74, 6) is 0.206. The standard InChI is InChI=1S/C10H6ClF3N2O/c11-5-8-15-16-9(17-8)6-2-1-3-7(4-6)10(12,13)14/h1-4H,5H2. The lowest BCUT2D eigenvalue weighted by Gasteiger charge is -2.06. The van der Waals surface area contributed by atoms with Gasteiger partial charge in [0.15, 0.2) is 0 Å². The summed E-state index contributed by atoms with van der Waals surface area (Å²) in [6.45, 7) is 0. The molecule has 1 aromatic heterocycles. The van der Waals surface area contributed by atoms with Crippen molar-refractivity contribution in [2.45, 2.75) is 12.1 Å². The number of aromatic nitrogens is 2. The lowest BCUT2D eigenvalue weighted by Crippen LogP contribution is -2.04. The van der Waals surface area contributed by atoms with Gasteiger partial charge in [-0.2, -0.15) is 13.2 Å². The van der Waals surface area contributed by atoms with Gasteiger partial charge >= 0.3 is 6.18 Å². The Balaban J connectivity index is 2.39. The molecule has 2 rings (SSSR count). The molecule has 0 amide bonds. The van der Waals surface area contributed by atoms with Gasteiger partial charge in [-0.25, -0.2) is 0 Å². The fraction of sp³-hybridized carbons (Fsp3) is 0.200. The molecule has 0 aliphatic carbocycles. The molecule has 0 saturated carbocycles. The van der Waals surface area contributed by atoms with E-state index in [1.165, 1.54) is 12.1 Å². The molecule has 0 bridgehead atoms. The molecule has 90 valence electrons. The third kappa shape index (κ3) is 2.58. The van der Waals surface area contributed by atoms with Crippen LogP contribution in [0.4, 0.5) is 13.2 Å². The molecule has 17 heavy (non-hydrogen) atoms. The second-order valence-electron chi connectivity index (χ2n) is 3.21. The van der Waals surface area contributed by atoms with Gasteiger partial charge in [-0.05, 0) is 18.2 Å². The van der Waals surface area contributed by atoms with Crippen molar-refractivity contribution in [2.24, 2.45) is 0 Å². The van der Waals surface area contributed by atoms with Crippen LogP contribution in [0, 0.1) is 0 Å². The average Bonchev–Trinajstić information content (AvgIpc) is 2.76. The van der Waals surface area contributed by atoms with E-state index in [4.69, 9.17) is 16.0 Å². The summed E-state index contributed by atoms with van der Waals surface area (Å²) < 4.78 is 42.5. The monoisotopic (exact) mass is 262 g/mol. The van der Waals surface area contributed by atoms with Crippen LogP contribution in [0.3, 0.4) is 0 Å². The molecule has 3 nitrogen and oxygen atoms in total. The molecule has 0 spiro atoms. The lowest BCUT2D eigenvalue weighted by atomic mass is 10.1. The third-order valence-electron chi connectivity index (χ3n) is 2.02. The zero-order valence-electron chi connectivity index (χ0n) is 8.33. The first kappa shape index (κ1) is 11.9. The summed E-state index contributed by atoms with van der Waals surface area (Å²) in [4.78, 5) is 0. The molecule has 0 fully saturated rings. The Hall–Kier alpha value is -1.56. The minimum Gasteiger partial charge on any atom is -0.419 e. The van der Waals surface area contributed by atoms with Crippen molar-refractivity contribution in [2.75, 3.05) is 0 Å². The molecular weight excluding hydrogens is 257 g/mol. The Morgan fingerprint density at radius 1 is 1.24 bits per heavy atom. The summed E-state index contributed by atoms with van der Waals surface area (Å²) in [5.41, 5.74) is -0.552. The van der Waals surface area contributed by atoms with Crippen LogP contribution in [0.5, 0.6) is 0 Å². The van der Waals surface area contributed by atoms with Gasteiger partial charge in [-0.15, -0.1) is 21.8 Å². The fourth-order valence-corrected chi connectivity index (χ4v) is 1.36. The minimum atomic E-state index is -4.40. The highest BCUT2D eigenvalue weighted by molar-refractivity contribution is 6.16. The van der Waals surface area contributed by atoms with E-state index >= 15 is 0 Å². The predicted octanol–water partition coefficient (Wildman–Crippen LogP) is 3.49. The van der Waals surface area contributed by atoms with Gasteiger partial charge in [0.1, 0.15) is 5.88 Å². The first-order valence-corrected chi connectivity index (χ1v) is 5.10. The van der Waals surface area contributed by atoms with Gasteiger partial charge in [-0.1, -0.05) is 6.07 Å². The average molecular weight is 263 g/mol. The van der Waals surface area contributed by atoms with E-state index in [9.17, 15) is 13.2 Å². The van der Waals surface area contributed by atoms with E-state index in [1.54, 1.807) is 0 Å². The van der Waals surface area contributed by atoms with Gasteiger partial charge in [0.05, 0.1) is 5.56 Å². The highest BCUT2D eigenvalue weighted by atomic mass is 35.5. The summed E-state index contributed by atoms with van der Waals surface area (Å²) in [5, 5.41) is 7.19. The zero-order chi connectivity index (χ0) is 12.5. The van der Waals surface area contributed by atoms with Gasteiger partial charge in [-0.3, -0.25) is 0 Å². The SMILES string of the molecule is FC(F)(F)c1cccc(-c2nnc(CCl)o2)c1. The highest BCUT2D eigenvalue weighted by Gasteiger charge is 2.30. The minimum absolute atomic E-state index is 0.0198. The van der Waals surface area contributed by atoms with E-state index in [0.29, 0.717) is 0 Å². The van der Waals surface area contributed by atoms with Crippen LogP contribution in [-0.2, 0) is 12.1 Å². The summed E-state index contributed by atoms with van der Waals surface area (Å²) in [7, 11) is 0. The van der Waals surface area contributed by atoms with E-state index in [2.05, 4.69) is 10.2 Å². The van der Waals surface area contributed by atoms with E-state index in [0.717, 1.165) is 12.1 Å². The van der Waals surface area contributed by atoms with Crippen molar-refractivity contribution >= 4 is 11.6 Å². The van der Waals surface area contributed by atoms with Crippen LogP contribution in [0.1, 0.15) is 11.5 Å². The molecule has 1 aromatic carbocycles. The first-order valence-electron chi connectivity index (χ1n) is 4.56. The maximum absolute atomic E-state index is 12.5. The fourth-order valence-electron chi connectivity index (χ4n) is 1.25. The van der Waals surface area contributed by atoms with Gasteiger partial charge in [0.25, 0.3) is 0 Å². The quantitative estimate of drug-likeness (QED) is 0.778. The topological polar surface area (TPSA) is 38.9 Å². The summed E-state index contributed by atoms with van der Waals surface area (Å²) in [6.07, 6.45) is -4.40. The summed E-state index contributed by atoms with van der Waals surface area (Å²) >= 11 is 5.46. The molecule has 0 aliphatic rings. The molecule has 0 aliphatic heterocycles.